The molecule has 0 radical (unpaired) electrons. The third kappa shape index (κ3) is 4.49. The highest BCUT2D eigenvalue weighted by atomic mass is 79.9. The number of amides is 2. The second kappa shape index (κ2) is 8.15. The number of benzene rings is 3. The van der Waals surface area contributed by atoms with E-state index >= 15 is 0 Å². The second-order valence-corrected chi connectivity index (χ2v) is 6.96. The predicted molar refractivity (Wildman–Crippen MR) is 108 cm³/mol. The van der Waals surface area contributed by atoms with Crippen LogP contribution in [0.25, 0.3) is 10.8 Å². The van der Waals surface area contributed by atoms with Crippen molar-refractivity contribution >= 4 is 44.2 Å². The van der Waals surface area contributed by atoms with Gasteiger partial charge in [-0.1, -0.05) is 58.4 Å². The van der Waals surface area contributed by atoms with Crippen LogP contribution in [0.4, 0.5) is 5.69 Å². The lowest BCUT2D eigenvalue weighted by molar-refractivity contribution is -0.123. The normalized spacial score (nSPS) is 10.5. The van der Waals surface area contributed by atoms with Gasteiger partial charge in [0.1, 0.15) is 0 Å². The van der Waals surface area contributed by atoms with Crippen LogP contribution in [-0.2, 0) is 16.0 Å². The topological polar surface area (TPSA) is 58.2 Å². The molecule has 0 spiro atoms. The summed E-state index contributed by atoms with van der Waals surface area (Å²) in [5.74, 6) is -0.429. The molecule has 0 saturated carbocycles. The molecule has 2 amide bonds. The van der Waals surface area contributed by atoms with E-state index < -0.39 is 0 Å². The highest BCUT2D eigenvalue weighted by Gasteiger charge is 2.09. The van der Waals surface area contributed by atoms with Gasteiger partial charge in [0.2, 0.25) is 11.8 Å². The van der Waals surface area contributed by atoms with Crippen molar-refractivity contribution in [3.63, 3.8) is 0 Å². The van der Waals surface area contributed by atoms with Gasteiger partial charge in [-0.05, 0) is 47.0 Å². The van der Waals surface area contributed by atoms with E-state index in [1.54, 1.807) is 0 Å². The molecular weight excluding hydrogens is 392 g/mol. The van der Waals surface area contributed by atoms with Crippen molar-refractivity contribution in [2.45, 2.75) is 13.3 Å². The van der Waals surface area contributed by atoms with Gasteiger partial charge >= 0.3 is 0 Å². The van der Waals surface area contributed by atoms with Gasteiger partial charge in [-0.3, -0.25) is 9.59 Å². The van der Waals surface area contributed by atoms with Gasteiger partial charge in [0.25, 0.3) is 0 Å². The number of fused-ring (bicyclic) bond motifs is 1. The number of anilines is 1. The summed E-state index contributed by atoms with van der Waals surface area (Å²) in [4.78, 5) is 24.3. The summed E-state index contributed by atoms with van der Waals surface area (Å²) in [5.41, 5.74) is 2.69. The van der Waals surface area contributed by atoms with E-state index in [-0.39, 0.29) is 24.8 Å². The first-order valence-electron chi connectivity index (χ1n) is 8.32. The lowest BCUT2D eigenvalue weighted by Crippen LogP contribution is -2.33. The zero-order valence-corrected chi connectivity index (χ0v) is 16.0. The molecule has 3 aromatic carbocycles. The lowest BCUT2D eigenvalue weighted by atomic mass is 10.0. The van der Waals surface area contributed by atoms with Crippen LogP contribution < -0.4 is 10.6 Å². The molecule has 5 heteroatoms. The van der Waals surface area contributed by atoms with Gasteiger partial charge in [-0.2, -0.15) is 0 Å². The summed E-state index contributed by atoms with van der Waals surface area (Å²) in [7, 11) is 0. The average molecular weight is 411 g/mol. The number of halogens is 1. The van der Waals surface area contributed by atoms with E-state index in [2.05, 4.69) is 26.6 Å². The minimum absolute atomic E-state index is 0.0568. The maximum absolute atomic E-state index is 12.2. The van der Waals surface area contributed by atoms with Gasteiger partial charge in [0.15, 0.2) is 0 Å². The molecule has 0 aliphatic carbocycles. The first-order valence-corrected chi connectivity index (χ1v) is 9.11. The summed E-state index contributed by atoms with van der Waals surface area (Å²) in [5, 5.41) is 7.62. The Bertz CT molecular complexity index is 964. The van der Waals surface area contributed by atoms with Gasteiger partial charge in [-0.25, -0.2) is 0 Å². The van der Waals surface area contributed by atoms with Crippen LogP contribution in [0.5, 0.6) is 0 Å². The van der Waals surface area contributed by atoms with Gasteiger partial charge in [0, 0.05) is 10.2 Å². The number of hydrogen-bond acceptors (Lipinski definition) is 2. The molecule has 0 atom stereocenters. The summed E-state index contributed by atoms with van der Waals surface area (Å²) >= 11 is 3.42. The SMILES string of the molecule is Cc1cc(NC(=O)CNC(=O)Cc2cccc3ccccc23)ccc1Br. The summed E-state index contributed by atoms with van der Waals surface area (Å²) in [6.07, 6.45) is 0.242. The van der Waals surface area contributed by atoms with Crippen molar-refractivity contribution in [1.29, 1.82) is 0 Å². The Balaban J connectivity index is 1.56. The Morgan fingerprint density at radius 2 is 1.73 bits per heavy atom. The van der Waals surface area contributed by atoms with Crippen molar-refractivity contribution in [1.82, 2.24) is 5.32 Å². The minimum Gasteiger partial charge on any atom is -0.347 e. The van der Waals surface area contributed by atoms with Crippen molar-refractivity contribution in [2.24, 2.45) is 0 Å². The molecule has 0 aliphatic heterocycles. The molecule has 3 aromatic rings. The summed E-state index contributed by atoms with van der Waals surface area (Å²) in [6.45, 7) is 1.89. The largest absolute Gasteiger partial charge is 0.347 e. The Kier molecular flexibility index (Phi) is 5.68. The highest BCUT2D eigenvalue weighted by molar-refractivity contribution is 9.10. The van der Waals surface area contributed by atoms with Crippen molar-refractivity contribution in [3.05, 3.63) is 76.3 Å². The maximum atomic E-state index is 12.2. The maximum Gasteiger partial charge on any atom is 0.243 e. The van der Waals surface area contributed by atoms with Gasteiger partial charge < -0.3 is 10.6 Å². The van der Waals surface area contributed by atoms with E-state index in [1.807, 2.05) is 67.6 Å². The molecule has 132 valence electrons. The molecule has 0 bridgehead atoms. The molecular formula is C21H19BrN2O2. The summed E-state index contributed by atoms with van der Waals surface area (Å²) in [6, 6.07) is 19.4. The third-order valence-electron chi connectivity index (χ3n) is 4.12. The number of aryl methyl sites for hydroxylation is 1. The van der Waals surface area contributed by atoms with Gasteiger partial charge in [-0.15, -0.1) is 0 Å². The van der Waals surface area contributed by atoms with Crippen LogP contribution in [0.15, 0.2) is 65.1 Å². The number of carbonyl (C=O) groups excluding carboxylic acids is 2. The quantitative estimate of drug-likeness (QED) is 0.661. The van der Waals surface area contributed by atoms with Crippen LogP contribution >= 0.6 is 15.9 Å². The fourth-order valence-electron chi connectivity index (χ4n) is 2.79. The van der Waals surface area contributed by atoms with Crippen molar-refractivity contribution in [3.8, 4) is 0 Å². The van der Waals surface area contributed by atoms with E-state index in [0.29, 0.717) is 5.69 Å². The molecule has 3 rings (SSSR count). The zero-order chi connectivity index (χ0) is 18.5. The predicted octanol–water partition coefficient (Wildman–Crippen LogP) is 4.21. The standard InChI is InChI=1S/C21H19BrN2O2/c1-14-11-17(9-10-19(14)22)24-21(26)13-23-20(25)12-16-7-4-6-15-5-2-3-8-18(15)16/h2-11H,12-13H2,1H3,(H,23,25)(H,24,26). The van der Waals surface area contributed by atoms with Crippen LogP contribution in [0.2, 0.25) is 0 Å². The molecule has 0 heterocycles. The van der Waals surface area contributed by atoms with Crippen LogP contribution in [-0.4, -0.2) is 18.4 Å². The molecule has 0 saturated heterocycles. The van der Waals surface area contributed by atoms with E-state index in [1.165, 1.54) is 0 Å². The molecule has 0 aliphatic rings. The molecule has 0 aromatic heterocycles. The Labute approximate surface area is 160 Å². The Morgan fingerprint density at radius 1 is 0.962 bits per heavy atom. The molecule has 4 nitrogen and oxygen atoms in total. The van der Waals surface area contributed by atoms with E-state index in [0.717, 1.165) is 26.4 Å². The fraction of sp³-hybridized carbons (Fsp3) is 0.143. The second-order valence-electron chi connectivity index (χ2n) is 6.10. The first-order chi connectivity index (χ1) is 12.5. The van der Waals surface area contributed by atoms with Crippen LogP contribution in [0.1, 0.15) is 11.1 Å². The molecule has 2 N–H and O–H groups in total. The number of nitrogens with one attached hydrogen (secondary N) is 2. The average Bonchev–Trinajstić information content (AvgIpc) is 2.63. The molecule has 26 heavy (non-hydrogen) atoms. The Hall–Kier alpha value is -2.66. The number of carbonyl (C=O) groups is 2. The van der Waals surface area contributed by atoms with Crippen molar-refractivity contribution < 1.29 is 9.59 Å². The molecule has 0 fully saturated rings. The number of rotatable bonds is 5. The summed E-state index contributed by atoms with van der Waals surface area (Å²) < 4.78 is 0.985. The van der Waals surface area contributed by atoms with E-state index in [4.69, 9.17) is 0 Å². The minimum atomic E-state index is -0.252. The third-order valence-corrected chi connectivity index (χ3v) is 5.01. The smallest absolute Gasteiger partial charge is 0.243 e. The fourth-order valence-corrected chi connectivity index (χ4v) is 3.04. The molecule has 0 unspecified atom stereocenters. The first kappa shape index (κ1) is 18.1. The van der Waals surface area contributed by atoms with Crippen LogP contribution in [0, 0.1) is 6.92 Å². The lowest BCUT2D eigenvalue weighted by Gasteiger charge is -2.09. The van der Waals surface area contributed by atoms with Gasteiger partial charge in [0.05, 0.1) is 13.0 Å². The number of hydrogen-bond donors (Lipinski definition) is 2. The van der Waals surface area contributed by atoms with Crippen LogP contribution in [0.3, 0.4) is 0 Å². The van der Waals surface area contributed by atoms with Crippen molar-refractivity contribution in [2.75, 3.05) is 11.9 Å². The van der Waals surface area contributed by atoms with E-state index in [9.17, 15) is 9.59 Å². The Morgan fingerprint density at radius 3 is 2.54 bits per heavy atom. The zero-order valence-electron chi connectivity index (χ0n) is 14.4. The monoisotopic (exact) mass is 410 g/mol. The highest BCUT2D eigenvalue weighted by Crippen LogP contribution is 2.20.